The van der Waals surface area contributed by atoms with Gasteiger partial charge < -0.3 is 4.90 Å². The van der Waals surface area contributed by atoms with Crippen LogP contribution in [0.3, 0.4) is 0 Å². The summed E-state index contributed by atoms with van der Waals surface area (Å²) in [4.78, 5) is 2.41. The van der Waals surface area contributed by atoms with Gasteiger partial charge >= 0.3 is 0 Å². The van der Waals surface area contributed by atoms with E-state index in [1.54, 1.807) is 0 Å². The molecule has 294 valence electrons. The molecule has 0 atom stereocenters. The first-order valence-electron chi connectivity index (χ1n) is 21.6. The van der Waals surface area contributed by atoms with Crippen molar-refractivity contribution >= 4 is 27.8 Å². The zero-order chi connectivity index (χ0) is 41.6. The molecule has 0 saturated carbocycles. The lowest BCUT2D eigenvalue weighted by atomic mass is 9.82. The van der Waals surface area contributed by atoms with Crippen molar-refractivity contribution in [2.24, 2.45) is 0 Å². The van der Waals surface area contributed by atoms with Gasteiger partial charge in [0.1, 0.15) is 0 Å². The summed E-state index contributed by atoms with van der Waals surface area (Å²) < 4.78 is 0. The average molecular weight is 792 g/mol. The predicted molar refractivity (Wildman–Crippen MR) is 263 cm³/mol. The third-order valence-electron chi connectivity index (χ3n) is 12.9. The van der Waals surface area contributed by atoms with Crippen LogP contribution in [0.2, 0.25) is 0 Å². The monoisotopic (exact) mass is 791 g/mol. The number of para-hydroxylation sites is 1. The molecule has 1 aliphatic rings. The number of benzene rings is 10. The lowest BCUT2D eigenvalue weighted by Crippen LogP contribution is -2.14. The van der Waals surface area contributed by atoms with Gasteiger partial charge in [0.25, 0.3) is 0 Å². The first-order valence-corrected chi connectivity index (χ1v) is 21.6. The molecule has 62 heavy (non-hydrogen) atoms. The van der Waals surface area contributed by atoms with Crippen molar-refractivity contribution in [2.45, 2.75) is 19.3 Å². The summed E-state index contributed by atoms with van der Waals surface area (Å²) >= 11 is 0. The number of rotatable bonds is 8. The molecule has 0 unspecified atom stereocenters. The van der Waals surface area contributed by atoms with Crippen LogP contribution in [0.4, 0.5) is 17.1 Å². The van der Waals surface area contributed by atoms with Crippen LogP contribution in [-0.4, -0.2) is 0 Å². The molecule has 1 aliphatic carbocycles. The summed E-state index contributed by atoms with van der Waals surface area (Å²) in [5.41, 5.74) is 20.8. The van der Waals surface area contributed by atoms with Gasteiger partial charge in [-0.05, 0) is 113 Å². The fourth-order valence-electron chi connectivity index (χ4n) is 9.72. The molecule has 10 aromatic rings. The fraction of sp³-hybridized carbons (Fsp3) is 0.0492. The van der Waals surface area contributed by atoms with E-state index in [1.165, 1.54) is 88.7 Å². The van der Waals surface area contributed by atoms with Crippen molar-refractivity contribution in [2.75, 3.05) is 4.90 Å². The van der Waals surface area contributed by atoms with Crippen molar-refractivity contribution in [1.29, 1.82) is 0 Å². The van der Waals surface area contributed by atoms with Gasteiger partial charge in [-0.3, -0.25) is 0 Å². The number of hydrogen-bond acceptors (Lipinski definition) is 1. The van der Waals surface area contributed by atoms with E-state index in [2.05, 4.69) is 255 Å². The molecule has 0 radical (unpaired) electrons. The Balaban J connectivity index is 0.982. The van der Waals surface area contributed by atoms with E-state index in [9.17, 15) is 0 Å². The zero-order valence-electron chi connectivity index (χ0n) is 35.0. The molecular weight excluding hydrogens is 747 g/mol. The molecule has 0 heterocycles. The molecule has 0 bridgehead atoms. The summed E-state index contributed by atoms with van der Waals surface area (Å²) in [6, 6.07) is 86.5. The highest BCUT2D eigenvalue weighted by atomic mass is 15.1. The first-order chi connectivity index (χ1) is 30.5. The lowest BCUT2D eigenvalue weighted by molar-refractivity contribution is 0.660. The number of nitrogens with zero attached hydrogens (tertiary/aromatic N) is 1. The van der Waals surface area contributed by atoms with Crippen molar-refractivity contribution in [1.82, 2.24) is 0 Å². The van der Waals surface area contributed by atoms with Gasteiger partial charge in [-0.25, -0.2) is 0 Å². The SMILES string of the molecule is CC1(C)c2ccccc2-c2c(-c3ccc(N(c4ccc(-c5ccc(-c6cccc7ccccc67)cc5)cc4)c4ccccc4-c4ccc(-c5ccccc5)cc4)cc3)cccc21. The molecule has 0 N–H and O–H groups in total. The summed E-state index contributed by atoms with van der Waals surface area (Å²) in [6.45, 7) is 4.70. The van der Waals surface area contributed by atoms with Gasteiger partial charge in [-0.15, -0.1) is 0 Å². The molecule has 0 saturated heterocycles. The molecule has 1 heteroatoms. The van der Waals surface area contributed by atoms with E-state index >= 15 is 0 Å². The van der Waals surface area contributed by atoms with Crippen molar-refractivity contribution in [3.05, 3.63) is 248 Å². The zero-order valence-corrected chi connectivity index (χ0v) is 35.0. The molecular formula is C61H45N. The lowest BCUT2D eigenvalue weighted by Gasteiger charge is -2.28. The molecule has 10 aromatic carbocycles. The Morgan fingerprint density at radius 2 is 0.710 bits per heavy atom. The Morgan fingerprint density at radius 1 is 0.290 bits per heavy atom. The highest BCUT2D eigenvalue weighted by Crippen LogP contribution is 2.52. The van der Waals surface area contributed by atoms with Gasteiger partial charge in [0.15, 0.2) is 0 Å². The topological polar surface area (TPSA) is 3.24 Å². The maximum Gasteiger partial charge on any atom is 0.0540 e. The van der Waals surface area contributed by atoms with Crippen LogP contribution in [0.25, 0.3) is 77.5 Å². The normalized spacial score (nSPS) is 12.5. The summed E-state index contributed by atoms with van der Waals surface area (Å²) in [7, 11) is 0. The Morgan fingerprint density at radius 3 is 1.40 bits per heavy atom. The minimum Gasteiger partial charge on any atom is -0.310 e. The Bertz CT molecular complexity index is 3210. The van der Waals surface area contributed by atoms with Gasteiger partial charge in [0, 0.05) is 22.4 Å². The van der Waals surface area contributed by atoms with E-state index in [0.717, 1.165) is 17.1 Å². The highest BCUT2D eigenvalue weighted by molar-refractivity contribution is 5.97. The van der Waals surface area contributed by atoms with Crippen LogP contribution in [0.15, 0.2) is 237 Å². The van der Waals surface area contributed by atoms with Crippen LogP contribution in [0.1, 0.15) is 25.0 Å². The van der Waals surface area contributed by atoms with Gasteiger partial charge in [0.05, 0.1) is 5.69 Å². The molecule has 1 nitrogen and oxygen atoms in total. The molecule has 0 aliphatic heterocycles. The van der Waals surface area contributed by atoms with Gasteiger partial charge in [-0.1, -0.05) is 220 Å². The van der Waals surface area contributed by atoms with Gasteiger partial charge in [-0.2, -0.15) is 0 Å². The fourth-order valence-corrected chi connectivity index (χ4v) is 9.72. The van der Waals surface area contributed by atoms with E-state index in [0.29, 0.717) is 0 Å². The van der Waals surface area contributed by atoms with Crippen LogP contribution in [0, 0.1) is 0 Å². The largest absolute Gasteiger partial charge is 0.310 e. The summed E-state index contributed by atoms with van der Waals surface area (Å²) in [5.74, 6) is 0. The van der Waals surface area contributed by atoms with E-state index < -0.39 is 0 Å². The Labute approximate surface area is 364 Å². The van der Waals surface area contributed by atoms with E-state index in [4.69, 9.17) is 0 Å². The summed E-state index contributed by atoms with van der Waals surface area (Å²) in [5, 5.41) is 2.53. The van der Waals surface area contributed by atoms with Gasteiger partial charge in [0.2, 0.25) is 0 Å². The maximum atomic E-state index is 2.41. The number of fused-ring (bicyclic) bond motifs is 4. The van der Waals surface area contributed by atoms with Crippen LogP contribution >= 0.6 is 0 Å². The van der Waals surface area contributed by atoms with E-state index in [1.807, 2.05) is 0 Å². The first kappa shape index (κ1) is 37.3. The molecule has 0 amide bonds. The second-order valence-corrected chi connectivity index (χ2v) is 16.9. The van der Waals surface area contributed by atoms with Crippen LogP contribution in [-0.2, 0) is 5.41 Å². The van der Waals surface area contributed by atoms with Crippen LogP contribution in [0.5, 0.6) is 0 Å². The van der Waals surface area contributed by atoms with Crippen molar-refractivity contribution < 1.29 is 0 Å². The Kier molecular flexibility index (Phi) is 9.24. The Hall–Kier alpha value is -7.74. The highest BCUT2D eigenvalue weighted by Gasteiger charge is 2.36. The smallest absolute Gasteiger partial charge is 0.0540 e. The number of hydrogen-bond donors (Lipinski definition) is 0. The second kappa shape index (κ2) is 15.4. The van der Waals surface area contributed by atoms with Crippen LogP contribution < -0.4 is 4.90 Å². The molecule has 0 fully saturated rings. The average Bonchev–Trinajstić information content (AvgIpc) is 3.58. The molecule has 0 spiro atoms. The molecule has 11 rings (SSSR count). The minimum atomic E-state index is -0.0489. The predicted octanol–water partition coefficient (Wildman–Crippen LogP) is 17.0. The third-order valence-corrected chi connectivity index (χ3v) is 12.9. The quantitative estimate of drug-likeness (QED) is 0.148. The minimum absolute atomic E-state index is 0.0489. The van der Waals surface area contributed by atoms with E-state index in [-0.39, 0.29) is 5.41 Å². The third kappa shape index (κ3) is 6.51. The van der Waals surface area contributed by atoms with Crippen molar-refractivity contribution in [3.8, 4) is 66.8 Å². The second-order valence-electron chi connectivity index (χ2n) is 16.9. The van der Waals surface area contributed by atoms with Crippen molar-refractivity contribution in [3.63, 3.8) is 0 Å². The standard InChI is InChI=1S/C61H45N/c1-61(2)57-23-10-8-20-56(57)60-55(22-13-24-58(60)61)49-36-40-51(41-37-49)62(59-25-11-9-19-54(59)48-32-28-43(29-33-48)42-14-4-3-5-15-42)50-38-34-45(35-39-50)44-26-30-47(31-27-44)53-21-12-17-46-16-6-7-18-52(46)53/h3-41H,1-2H3. The molecule has 0 aromatic heterocycles. The number of anilines is 3. The maximum absolute atomic E-state index is 2.41. The summed E-state index contributed by atoms with van der Waals surface area (Å²) in [6.07, 6.45) is 0.